The number of halogens is 3. The summed E-state index contributed by atoms with van der Waals surface area (Å²) in [6, 6.07) is 5.16. The lowest BCUT2D eigenvalue weighted by atomic mass is 9.84. The van der Waals surface area contributed by atoms with Gasteiger partial charge in [0.15, 0.2) is 0 Å². The van der Waals surface area contributed by atoms with E-state index in [4.69, 9.17) is 0 Å². The fraction of sp³-hybridized carbons (Fsp3) is 0.500. The van der Waals surface area contributed by atoms with Gasteiger partial charge < -0.3 is 15.2 Å². The van der Waals surface area contributed by atoms with Gasteiger partial charge in [0.25, 0.3) is 0 Å². The molecular weight excluding hydrogens is 529 g/mol. The van der Waals surface area contributed by atoms with E-state index in [-0.39, 0.29) is 17.9 Å². The minimum Gasteiger partial charge on any atom is -0.367 e. The van der Waals surface area contributed by atoms with Gasteiger partial charge in [-0.3, -0.25) is 14.5 Å². The standard InChI is InChI=1S/C32H41F3N4O2/c1-3-4-7-27-20-36-21-29(27)25-11-15-38(16-12-25)30(22-37-23(2)40)26-13-17-39(18-14-26)31(41)10-9-24-6-5-8-28(19-24)32(33,34)35/h3,5-6,8-10,19-21,25-26,30,36H,1,4,7,11-18,22H2,2H3,(H,37,40)/b10-9+. The third-order valence-corrected chi connectivity index (χ3v) is 8.51. The Kier molecular flexibility index (Phi) is 10.5. The van der Waals surface area contributed by atoms with Crippen LogP contribution >= 0.6 is 0 Å². The highest BCUT2D eigenvalue weighted by Crippen LogP contribution is 2.34. The molecule has 0 saturated carbocycles. The van der Waals surface area contributed by atoms with Crippen molar-refractivity contribution in [2.75, 3.05) is 32.7 Å². The molecule has 0 bridgehead atoms. The second-order valence-corrected chi connectivity index (χ2v) is 11.2. The first-order valence-electron chi connectivity index (χ1n) is 14.5. The topological polar surface area (TPSA) is 68.4 Å². The first kappa shape index (κ1) is 30.6. The number of hydrogen-bond acceptors (Lipinski definition) is 3. The first-order valence-corrected chi connectivity index (χ1v) is 14.5. The molecule has 222 valence electrons. The Balaban J connectivity index is 1.33. The molecule has 2 N–H and O–H groups in total. The Bertz CT molecular complexity index is 1210. The van der Waals surface area contributed by atoms with Crippen LogP contribution in [0.5, 0.6) is 0 Å². The van der Waals surface area contributed by atoms with Crippen molar-refractivity contribution in [3.05, 3.63) is 77.6 Å². The number of aryl methyl sites for hydroxylation is 1. The number of nitrogens with one attached hydrogen (secondary N) is 2. The maximum absolute atomic E-state index is 13.0. The van der Waals surface area contributed by atoms with E-state index in [0.29, 0.717) is 37.0 Å². The molecule has 2 amide bonds. The van der Waals surface area contributed by atoms with Crippen molar-refractivity contribution in [3.8, 4) is 0 Å². The number of aromatic amines is 1. The fourth-order valence-electron chi connectivity index (χ4n) is 6.24. The van der Waals surface area contributed by atoms with Crippen LogP contribution in [-0.4, -0.2) is 65.4 Å². The van der Waals surface area contributed by atoms with Crippen molar-refractivity contribution in [1.29, 1.82) is 0 Å². The molecule has 2 aliphatic heterocycles. The van der Waals surface area contributed by atoms with Crippen LogP contribution in [0, 0.1) is 5.92 Å². The number of nitrogens with zero attached hydrogens (tertiary/aromatic N) is 2. The zero-order valence-corrected chi connectivity index (χ0v) is 23.8. The quantitative estimate of drug-likeness (QED) is 0.281. The number of carbonyl (C=O) groups excluding carboxylic acids is 2. The summed E-state index contributed by atoms with van der Waals surface area (Å²) in [4.78, 5) is 32.2. The Hall–Kier alpha value is -3.33. The number of alkyl halides is 3. The summed E-state index contributed by atoms with van der Waals surface area (Å²) in [6.07, 6.45) is 10.3. The Morgan fingerprint density at radius 2 is 1.85 bits per heavy atom. The van der Waals surface area contributed by atoms with Crippen LogP contribution in [0.25, 0.3) is 6.08 Å². The number of likely N-dealkylation sites (tertiary alicyclic amines) is 2. The number of piperidine rings is 2. The number of H-pyrrole nitrogens is 1. The summed E-state index contributed by atoms with van der Waals surface area (Å²) in [5.41, 5.74) is 2.39. The fourth-order valence-corrected chi connectivity index (χ4v) is 6.24. The van der Waals surface area contributed by atoms with Gasteiger partial charge in [-0.25, -0.2) is 0 Å². The minimum absolute atomic E-state index is 0.0450. The van der Waals surface area contributed by atoms with E-state index in [1.54, 1.807) is 11.0 Å². The van der Waals surface area contributed by atoms with Crippen LogP contribution < -0.4 is 5.32 Å². The number of benzene rings is 1. The zero-order valence-electron chi connectivity index (χ0n) is 23.8. The Labute approximate surface area is 240 Å². The van der Waals surface area contributed by atoms with Crippen LogP contribution in [0.3, 0.4) is 0 Å². The van der Waals surface area contributed by atoms with E-state index in [0.717, 1.165) is 63.7 Å². The highest BCUT2D eigenvalue weighted by atomic mass is 19.4. The monoisotopic (exact) mass is 570 g/mol. The highest BCUT2D eigenvalue weighted by molar-refractivity contribution is 5.91. The summed E-state index contributed by atoms with van der Waals surface area (Å²) >= 11 is 0. The lowest BCUT2D eigenvalue weighted by molar-refractivity contribution is -0.137. The van der Waals surface area contributed by atoms with Crippen molar-refractivity contribution >= 4 is 17.9 Å². The molecule has 6 nitrogen and oxygen atoms in total. The SMILES string of the molecule is C=CCCc1c[nH]cc1C1CCN(C(CNC(C)=O)C2CCN(C(=O)/C=C/c3cccc(C(F)(F)F)c3)CC2)CC1. The minimum atomic E-state index is -4.42. The van der Waals surface area contributed by atoms with Gasteiger partial charge in [0.05, 0.1) is 5.56 Å². The van der Waals surface area contributed by atoms with Crippen molar-refractivity contribution in [1.82, 2.24) is 20.1 Å². The second-order valence-electron chi connectivity index (χ2n) is 11.2. The van der Waals surface area contributed by atoms with Gasteiger partial charge in [0, 0.05) is 51.1 Å². The average molecular weight is 571 g/mol. The molecule has 4 rings (SSSR count). The summed E-state index contributed by atoms with van der Waals surface area (Å²) in [5, 5.41) is 3.03. The third-order valence-electron chi connectivity index (χ3n) is 8.51. The molecule has 2 fully saturated rings. The van der Waals surface area contributed by atoms with Crippen LogP contribution in [0.4, 0.5) is 13.2 Å². The number of aromatic nitrogens is 1. The van der Waals surface area contributed by atoms with E-state index in [1.807, 2.05) is 6.08 Å². The molecule has 2 aliphatic rings. The predicted octanol–water partition coefficient (Wildman–Crippen LogP) is 5.79. The molecule has 1 aromatic carbocycles. The van der Waals surface area contributed by atoms with Crippen LogP contribution in [0.1, 0.15) is 67.2 Å². The van der Waals surface area contributed by atoms with Gasteiger partial charge in [-0.05, 0) is 98.3 Å². The average Bonchev–Trinajstić information content (AvgIpc) is 3.44. The maximum Gasteiger partial charge on any atom is 0.416 e. The van der Waals surface area contributed by atoms with Gasteiger partial charge in [-0.15, -0.1) is 6.58 Å². The molecule has 2 aromatic rings. The van der Waals surface area contributed by atoms with Crippen molar-refractivity contribution in [3.63, 3.8) is 0 Å². The second kappa shape index (κ2) is 14.0. The van der Waals surface area contributed by atoms with E-state index in [2.05, 4.69) is 34.2 Å². The van der Waals surface area contributed by atoms with Gasteiger partial charge in [0.1, 0.15) is 0 Å². The van der Waals surface area contributed by atoms with E-state index < -0.39 is 11.7 Å². The van der Waals surface area contributed by atoms with Gasteiger partial charge in [-0.2, -0.15) is 13.2 Å². The van der Waals surface area contributed by atoms with E-state index >= 15 is 0 Å². The van der Waals surface area contributed by atoms with Gasteiger partial charge >= 0.3 is 6.18 Å². The molecule has 1 atom stereocenters. The number of carbonyl (C=O) groups is 2. The molecular formula is C32H41F3N4O2. The van der Waals surface area contributed by atoms with Crippen LogP contribution in [-0.2, 0) is 22.2 Å². The summed E-state index contributed by atoms with van der Waals surface area (Å²) in [6.45, 7) is 9.05. The third kappa shape index (κ3) is 8.35. The smallest absolute Gasteiger partial charge is 0.367 e. The normalized spacial score (nSPS) is 18.5. The summed E-state index contributed by atoms with van der Waals surface area (Å²) < 4.78 is 39.0. The molecule has 41 heavy (non-hydrogen) atoms. The lowest BCUT2D eigenvalue weighted by Gasteiger charge is -2.44. The largest absolute Gasteiger partial charge is 0.416 e. The Morgan fingerprint density at radius 1 is 1.12 bits per heavy atom. The number of amides is 2. The van der Waals surface area contributed by atoms with Crippen LogP contribution in [0.2, 0.25) is 0 Å². The number of hydrogen-bond donors (Lipinski definition) is 2. The van der Waals surface area contributed by atoms with Crippen molar-refractivity contribution in [2.24, 2.45) is 5.92 Å². The molecule has 3 heterocycles. The molecule has 0 spiro atoms. The Morgan fingerprint density at radius 3 is 2.51 bits per heavy atom. The number of allylic oxidation sites excluding steroid dienone is 1. The first-order chi connectivity index (χ1) is 19.7. The van der Waals surface area contributed by atoms with Gasteiger partial charge in [0.2, 0.25) is 11.8 Å². The van der Waals surface area contributed by atoms with E-state index in [9.17, 15) is 22.8 Å². The summed E-state index contributed by atoms with van der Waals surface area (Å²) in [5.74, 6) is 0.613. The highest BCUT2D eigenvalue weighted by Gasteiger charge is 2.34. The van der Waals surface area contributed by atoms with Crippen molar-refractivity contribution < 1.29 is 22.8 Å². The molecule has 0 aliphatic carbocycles. The molecule has 1 unspecified atom stereocenters. The predicted molar refractivity (Wildman–Crippen MR) is 155 cm³/mol. The molecule has 9 heteroatoms. The number of rotatable bonds is 10. The summed E-state index contributed by atoms with van der Waals surface area (Å²) in [7, 11) is 0. The molecule has 1 aromatic heterocycles. The lowest BCUT2D eigenvalue weighted by Crippen LogP contribution is -2.53. The maximum atomic E-state index is 13.0. The van der Waals surface area contributed by atoms with Crippen molar-refractivity contribution in [2.45, 2.75) is 63.6 Å². The molecule has 0 radical (unpaired) electrons. The van der Waals surface area contributed by atoms with Gasteiger partial charge in [-0.1, -0.05) is 18.2 Å². The van der Waals surface area contributed by atoms with E-state index in [1.165, 1.54) is 36.3 Å². The molecule has 2 saturated heterocycles. The zero-order chi connectivity index (χ0) is 29.4. The van der Waals surface area contributed by atoms with Crippen LogP contribution in [0.15, 0.2) is 55.4 Å².